The van der Waals surface area contributed by atoms with E-state index in [9.17, 15) is 0 Å². The van der Waals surface area contributed by atoms with Crippen molar-refractivity contribution in [3.05, 3.63) is 0 Å². The topological polar surface area (TPSA) is 3.24 Å². The average Bonchev–Trinajstić information content (AvgIpc) is 2.11. The molecule has 1 rings (SSSR count). The summed E-state index contributed by atoms with van der Waals surface area (Å²) in [5.74, 6) is 1.77. The monoisotopic (exact) mass is 155 g/mol. The summed E-state index contributed by atoms with van der Waals surface area (Å²) < 4.78 is 0. The molecule has 1 fully saturated rings. The number of hydrogen-bond donors (Lipinski definition) is 0. The van der Waals surface area contributed by atoms with Crippen LogP contribution in [-0.4, -0.2) is 23.5 Å². The van der Waals surface area contributed by atoms with Crippen LogP contribution in [0, 0.1) is 11.8 Å². The number of nitrogens with zero attached hydrogens (tertiary/aromatic N) is 1. The Balaban J connectivity index is 2.54. The zero-order chi connectivity index (χ0) is 8.65. The zero-order valence-corrected chi connectivity index (χ0v) is 8.52. The fourth-order valence-corrected chi connectivity index (χ4v) is 1.68. The molecule has 0 aromatic carbocycles. The lowest BCUT2D eigenvalue weighted by Crippen LogP contribution is -2.39. The van der Waals surface area contributed by atoms with Crippen molar-refractivity contribution in [3.63, 3.8) is 0 Å². The van der Waals surface area contributed by atoms with Gasteiger partial charge in [0.05, 0.1) is 0 Å². The standard InChI is InChI=1S/C10H21N/c1-8-6-11(7-9(8)2)10(3,4)5/h8-9H,6-7H2,1-5H3/t8-,9+. The van der Waals surface area contributed by atoms with Gasteiger partial charge in [-0.3, -0.25) is 4.90 Å². The Morgan fingerprint density at radius 3 is 1.55 bits per heavy atom. The van der Waals surface area contributed by atoms with Crippen LogP contribution >= 0.6 is 0 Å². The lowest BCUT2D eigenvalue weighted by atomic mass is 10.0. The van der Waals surface area contributed by atoms with E-state index < -0.39 is 0 Å². The van der Waals surface area contributed by atoms with Crippen LogP contribution in [0.4, 0.5) is 0 Å². The average molecular weight is 155 g/mol. The van der Waals surface area contributed by atoms with Crippen molar-refractivity contribution >= 4 is 0 Å². The third kappa shape index (κ3) is 1.96. The Bertz CT molecular complexity index is 124. The van der Waals surface area contributed by atoms with E-state index in [1.165, 1.54) is 13.1 Å². The summed E-state index contributed by atoms with van der Waals surface area (Å²) in [6, 6.07) is 0. The van der Waals surface area contributed by atoms with Gasteiger partial charge in [0, 0.05) is 18.6 Å². The van der Waals surface area contributed by atoms with E-state index in [2.05, 4.69) is 39.5 Å². The van der Waals surface area contributed by atoms with Gasteiger partial charge < -0.3 is 0 Å². The van der Waals surface area contributed by atoms with Gasteiger partial charge in [0.2, 0.25) is 0 Å². The summed E-state index contributed by atoms with van der Waals surface area (Å²) in [5.41, 5.74) is 0.374. The van der Waals surface area contributed by atoms with Crippen molar-refractivity contribution in [3.8, 4) is 0 Å². The maximum absolute atomic E-state index is 2.59. The number of rotatable bonds is 0. The van der Waals surface area contributed by atoms with Crippen molar-refractivity contribution in [1.82, 2.24) is 4.90 Å². The molecular weight excluding hydrogens is 134 g/mol. The van der Waals surface area contributed by atoms with Crippen LogP contribution in [0.1, 0.15) is 34.6 Å². The minimum atomic E-state index is 0.374. The van der Waals surface area contributed by atoms with Crippen molar-refractivity contribution in [1.29, 1.82) is 0 Å². The molecule has 1 saturated heterocycles. The van der Waals surface area contributed by atoms with Gasteiger partial charge in [-0.1, -0.05) is 13.8 Å². The predicted octanol–water partition coefficient (Wildman–Crippen LogP) is 2.37. The second-order valence-corrected chi connectivity index (χ2v) is 5.03. The maximum Gasteiger partial charge on any atom is 0.0125 e. The molecule has 0 radical (unpaired) electrons. The second-order valence-electron chi connectivity index (χ2n) is 5.03. The Hall–Kier alpha value is -0.0400. The summed E-state index contributed by atoms with van der Waals surface area (Å²) in [5, 5.41) is 0. The Kier molecular flexibility index (Phi) is 2.29. The molecule has 2 atom stereocenters. The van der Waals surface area contributed by atoms with E-state index in [0.717, 1.165) is 11.8 Å². The minimum Gasteiger partial charge on any atom is -0.298 e. The minimum absolute atomic E-state index is 0.374. The molecule has 1 heteroatoms. The van der Waals surface area contributed by atoms with E-state index in [0.29, 0.717) is 5.54 Å². The molecule has 0 bridgehead atoms. The first-order chi connectivity index (χ1) is 4.91. The molecule has 1 nitrogen and oxygen atoms in total. The van der Waals surface area contributed by atoms with Crippen LogP contribution in [0.15, 0.2) is 0 Å². The first-order valence-electron chi connectivity index (χ1n) is 4.66. The highest BCUT2D eigenvalue weighted by molar-refractivity contribution is 4.86. The van der Waals surface area contributed by atoms with Gasteiger partial charge in [0.25, 0.3) is 0 Å². The molecule has 66 valence electrons. The summed E-state index contributed by atoms with van der Waals surface area (Å²) in [6.45, 7) is 14.2. The zero-order valence-electron chi connectivity index (χ0n) is 8.52. The number of likely N-dealkylation sites (tertiary alicyclic amines) is 1. The lowest BCUT2D eigenvalue weighted by molar-refractivity contribution is 0.166. The Labute approximate surface area is 70.8 Å². The molecule has 1 heterocycles. The molecule has 0 aromatic heterocycles. The molecule has 0 N–H and O–H groups in total. The maximum atomic E-state index is 2.59. The van der Waals surface area contributed by atoms with Gasteiger partial charge in [-0.25, -0.2) is 0 Å². The van der Waals surface area contributed by atoms with E-state index in [-0.39, 0.29) is 0 Å². The molecule has 0 spiro atoms. The third-order valence-electron chi connectivity index (χ3n) is 2.94. The van der Waals surface area contributed by atoms with E-state index in [4.69, 9.17) is 0 Å². The predicted molar refractivity (Wildman–Crippen MR) is 49.7 cm³/mol. The Morgan fingerprint density at radius 1 is 1.00 bits per heavy atom. The van der Waals surface area contributed by atoms with Crippen LogP contribution in [0.5, 0.6) is 0 Å². The quantitative estimate of drug-likeness (QED) is 0.519. The van der Waals surface area contributed by atoms with Gasteiger partial charge in [0.15, 0.2) is 0 Å². The fourth-order valence-electron chi connectivity index (χ4n) is 1.68. The van der Waals surface area contributed by atoms with Crippen LogP contribution in [0.25, 0.3) is 0 Å². The first-order valence-corrected chi connectivity index (χ1v) is 4.66. The van der Waals surface area contributed by atoms with Crippen molar-refractivity contribution in [2.75, 3.05) is 13.1 Å². The molecule has 0 aliphatic carbocycles. The normalized spacial score (nSPS) is 34.6. The largest absolute Gasteiger partial charge is 0.298 e. The molecule has 1 aliphatic rings. The van der Waals surface area contributed by atoms with E-state index in [1.807, 2.05) is 0 Å². The summed E-state index contributed by atoms with van der Waals surface area (Å²) in [4.78, 5) is 2.59. The molecule has 0 amide bonds. The van der Waals surface area contributed by atoms with Crippen molar-refractivity contribution in [2.45, 2.75) is 40.2 Å². The van der Waals surface area contributed by atoms with Gasteiger partial charge >= 0.3 is 0 Å². The highest BCUT2D eigenvalue weighted by Crippen LogP contribution is 2.27. The van der Waals surface area contributed by atoms with Crippen LogP contribution in [0.3, 0.4) is 0 Å². The van der Waals surface area contributed by atoms with Gasteiger partial charge in [-0.2, -0.15) is 0 Å². The molecule has 0 saturated carbocycles. The highest BCUT2D eigenvalue weighted by Gasteiger charge is 2.32. The van der Waals surface area contributed by atoms with Crippen molar-refractivity contribution < 1.29 is 0 Å². The molecular formula is C10H21N. The first kappa shape index (κ1) is 9.05. The van der Waals surface area contributed by atoms with Crippen LogP contribution < -0.4 is 0 Å². The smallest absolute Gasteiger partial charge is 0.0125 e. The summed E-state index contributed by atoms with van der Waals surface area (Å²) >= 11 is 0. The second kappa shape index (κ2) is 2.78. The Morgan fingerprint density at radius 2 is 1.36 bits per heavy atom. The summed E-state index contributed by atoms with van der Waals surface area (Å²) in [7, 11) is 0. The van der Waals surface area contributed by atoms with Crippen LogP contribution in [0.2, 0.25) is 0 Å². The summed E-state index contributed by atoms with van der Waals surface area (Å²) in [6.07, 6.45) is 0. The molecule has 11 heavy (non-hydrogen) atoms. The van der Waals surface area contributed by atoms with E-state index >= 15 is 0 Å². The van der Waals surface area contributed by atoms with Gasteiger partial charge in [0.1, 0.15) is 0 Å². The van der Waals surface area contributed by atoms with Crippen LogP contribution in [-0.2, 0) is 0 Å². The van der Waals surface area contributed by atoms with Gasteiger partial charge in [-0.15, -0.1) is 0 Å². The van der Waals surface area contributed by atoms with E-state index in [1.54, 1.807) is 0 Å². The number of hydrogen-bond acceptors (Lipinski definition) is 1. The SMILES string of the molecule is C[C@@H]1CN(C(C)(C)C)C[C@@H]1C. The highest BCUT2D eigenvalue weighted by atomic mass is 15.2. The molecule has 0 aromatic rings. The van der Waals surface area contributed by atoms with Crippen molar-refractivity contribution in [2.24, 2.45) is 11.8 Å². The molecule has 0 unspecified atom stereocenters. The molecule has 1 aliphatic heterocycles. The fraction of sp³-hybridized carbons (Fsp3) is 1.00. The van der Waals surface area contributed by atoms with Gasteiger partial charge in [-0.05, 0) is 32.6 Å². The lowest BCUT2D eigenvalue weighted by Gasteiger charge is -2.31. The third-order valence-corrected chi connectivity index (χ3v) is 2.94.